The standard InChI is InChI=1S/C4H10N2OS/c1-3(8)6(2)4(5)7/h3,8H,1-2H3,(H2,5,7). The highest BCUT2D eigenvalue weighted by atomic mass is 32.1. The topological polar surface area (TPSA) is 46.3 Å². The molecule has 0 heterocycles. The fourth-order valence-corrected chi connectivity index (χ4v) is 0.298. The van der Waals surface area contributed by atoms with E-state index >= 15 is 0 Å². The maximum atomic E-state index is 10.2. The molecule has 0 saturated heterocycles. The minimum absolute atomic E-state index is 0.104. The Morgan fingerprint density at radius 2 is 2.25 bits per heavy atom. The third-order valence-corrected chi connectivity index (χ3v) is 1.25. The molecule has 3 nitrogen and oxygen atoms in total. The van der Waals surface area contributed by atoms with Crippen molar-refractivity contribution in [2.75, 3.05) is 7.05 Å². The van der Waals surface area contributed by atoms with Crippen LogP contribution in [0.25, 0.3) is 0 Å². The first-order valence-electron chi connectivity index (χ1n) is 2.26. The van der Waals surface area contributed by atoms with Gasteiger partial charge in [0.2, 0.25) is 0 Å². The molecule has 0 aliphatic carbocycles. The molecule has 0 fully saturated rings. The minimum atomic E-state index is -0.451. The fourth-order valence-electron chi connectivity index (χ4n) is 0.184. The molecule has 0 bridgehead atoms. The van der Waals surface area contributed by atoms with Gasteiger partial charge in [-0.05, 0) is 6.92 Å². The van der Waals surface area contributed by atoms with E-state index < -0.39 is 6.03 Å². The van der Waals surface area contributed by atoms with Crippen LogP contribution in [0.4, 0.5) is 4.79 Å². The molecule has 0 aromatic heterocycles. The zero-order valence-corrected chi connectivity index (χ0v) is 5.85. The van der Waals surface area contributed by atoms with Gasteiger partial charge in [-0.1, -0.05) is 0 Å². The number of urea groups is 1. The van der Waals surface area contributed by atoms with Crippen molar-refractivity contribution in [3.05, 3.63) is 0 Å². The highest BCUT2D eigenvalue weighted by molar-refractivity contribution is 7.80. The number of carbonyl (C=O) groups is 1. The summed E-state index contributed by atoms with van der Waals surface area (Å²) in [5.41, 5.74) is 4.88. The van der Waals surface area contributed by atoms with Crippen LogP contribution < -0.4 is 5.73 Å². The Morgan fingerprint density at radius 3 is 2.25 bits per heavy atom. The summed E-state index contributed by atoms with van der Waals surface area (Å²) >= 11 is 3.96. The number of hydrogen-bond acceptors (Lipinski definition) is 2. The molecule has 0 aromatic carbocycles. The predicted molar refractivity (Wildman–Crippen MR) is 35.8 cm³/mol. The Morgan fingerprint density at radius 1 is 1.88 bits per heavy atom. The average Bonchev–Trinajstić information content (AvgIpc) is 1.64. The summed E-state index contributed by atoms with van der Waals surface area (Å²) in [6.07, 6.45) is 0. The van der Waals surface area contributed by atoms with Crippen molar-refractivity contribution in [3.8, 4) is 0 Å². The highest BCUT2D eigenvalue weighted by Gasteiger charge is 2.05. The predicted octanol–water partition coefficient (Wildman–Crippen LogP) is 0.273. The molecule has 0 aliphatic heterocycles. The molecule has 0 rings (SSSR count). The Bertz CT molecular complexity index is 94.0. The van der Waals surface area contributed by atoms with Crippen molar-refractivity contribution in [3.63, 3.8) is 0 Å². The Labute approximate surface area is 54.3 Å². The second-order valence-corrected chi connectivity index (χ2v) is 2.33. The van der Waals surface area contributed by atoms with Crippen molar-refractivity contribution < 1.29 is 4.79 Å². The van der Waals surface area contributed by atoms with Gasteiger partial charge in [0, 0.05) is 7.05 Å². The van der Waals surface area contributed by atoms with E-state index in [0.29, 0.717) is 0 Å². The van der Waals surface area contributed by atoms with Crippen LogP contribution in [0.3, 0.4) is 0 Å². The summed E-state index contributed by atoms with van der Waals surface area (Å²) in [4.78, 5) is 11.6. The number of rotatable bonds is 1. The molecule has 4 heteroatoms. The van der Waals surface area contributed by atoms with Gasteiger partial charge in [-0.2, -0.15) is 12.6 Å². The van der Waals surface area contributed by atoms with Crippen molar-refractivity contribution in [1.82, 2.24) is 4.90 Å². The Balaban J connectivity index is 3.64. The van der Waals surface area contributed by atoms with Gasteiger partial charge in [0.1, 0.15) is 0 Å². The number of nitrogens with two attached hydrogens (primary N) is 1. The van der Waals surface area contributed by atoms with Gasteiger partial charge >= 0.3 is 6.03 Å². The lowest BCUT2D eigenvalue weighted by atomic mass is 10.6. The number of carbonyl (C=O) groups excluding carboxylic acids is 1. The Kier molecular flexibility index (Phi) is 2.68. The molecule has 1 atom stereocenters. The molecule has 2 N–H and O–H groups in total. The zero-order valence-electron chi connectivity index (χ0n) is 4.96. The third kappa shape index (κ3) is 2.07. The van der Waals surface area contributed by atoms with Crippen LogP contribution in [0.15, 0.2) is 0 Å². The summed E-state index contributed by atoms with van der Waals surface area (Å²) in [7, 11) is 1.60. The molecule has 0 spiro atoms. The summed E-state index contributed by atoms with van der Waals surface area (Å²) in [5.74, 6) is 0. The van der Waals surface area contributed by atoms with Gasteiger partial charge in [0.25, 0.3) is 0 Å². The van der Waals surface area contributed by atoms with Crippen LogP contribution in [0, 0.1) is 0 Å². The molecule has 1 unspecified atom stereocenters. The average molecular weight is 134 g/mol. The molecule has 2 amide bonds. The largest absolute Gasteiger partial charge is 0.351 e. The summed E-state index contributed by atoms with van der Waals surface area (Å²) in [6.45, 7) is 1.77. The molecule has 48 valence electrons. The van der Waals surface area contributed by atoms with E-state index in [2.05, 4.69) is 12.6 Å². The zero-order chi connectivity index (χ0) is 6.73. The van der Waals surface area contributed by atoms with E-state index in [1.807, 2.05) is 0 Å². The molecule has 0 aromatic rings. The lowest BCUT2D eigenvalue weighted by molar-refractivity contribution is 0.217. The highest BCUT2D eigenvalue weighted by Crippen LogP contribution is 1.96. The van der Waals surface area contributed by atoms with Crippen molar-refractivity contribution in [2.45, 2.75) is 12.3 Å². The van der Waals surface area contributed by atoms with E-state index in [1.165, 1.54) is 4.90 Å². The van der Waals surface area contributed by atoms with Crippen LogP contribution in [0.1, 0.15) is 6.92 Å². The summed E-state index contributed by atoms with van der Waals surface area (Å²) < 4.78 is 0. The van der Waals surface area contributed by atoms with Crippen LogP contribution in [0.5, 0.6) is 0 Å². The van der Waals surface area contributed by atoms with Crippen LogP contribution in [-0.4, -0.2) is 23.4 Å². The SMILES string of the molecule is CC(S)N(C)C(N)=O. The number of hydrogen-bond donors (Lipinski definition) is 2. The maximum absolute atomic E-state index is 10.2. The van der Waals surface area contributed by atoms with E-state index in [1.54, 1.807) is 14.0 Å². The lowest BCUT2D eigenvalue weighted by Gasteiger charge is -2.16. The molecule has 0 saturated carbocycles. The second kappa shape index (κ2) is 2.81. The first-order chi connectivity index (χ1) is 3.55. The molecule has 8 heavy (non-hydrogen) atoms. The Hall–Kier alpha value is -0.380. The number of thiol groups is 1. The van der Waals surface area contributed by atoms with Gasteiger partial charge in [0.15, 0.2) is 0 Å². The monoisotopic (exact) mass is 134 g/mol. The second-order valence-electron chi connectivity index (χ2n) is 1.58. The number of nitrogens with zero attached hydrogens (tertiary/aromatic N) is 1. The summed E-state index contributed by atoms with van der Waals surface area (Å²) in [5, 5.41) is -0.104. The van der Waals surface area contributed by atoms with Crippen LogP contribution >= 0.6 is 12.6 Å². The van der Waals surface area contributed by atoms with Gasteiger partial charge < -0.3 is 10.6 Å². The normalized spacial score (nSPS) is 12.9. The van der Waals surface area contributed by atoms with E-state index in [0.717, 1.165) is 0 Å². The third-order valence-electron chi connectivity index (χ3n) is 0.908. The van der Waals surface area contributed by atoms with E-state index in [4.69, 9.17) is 5.73 Å². The van der Waals surface area contributed by atoms with Crippen LogP contribution in [0.2, 0.25) is 0 Å². The van der Waals surface area contributed by atoms with Crippen molar-refractivity contribution in [2.24, 2.45) is 5.73 Å². The first kappa shape index (κ1) is 7.62. The quantitative estimate of drug-likeness (QED) is 0.392. The molecule has 0 radical (unpaired) electrons. The molecular weight excluding hydrogens is 124 g/mol. The smallest absolute Gasteiger partial charge is 0.315 e. The molecule has 0 aliphatic rings. The number of primary amides is 1. The van der Waals surface area contributed by atoms with Gasteiger partial charge in [-0.3, -0.25) is 0 Å². The number of amides is 2. The summed E-state index contributed by atoms with van der Waals surface area (Å²) in [6, 6.07) is -0.451. The minimum Gasteiger partial charge on any atom is -0.351 e. The lowest BCUT2D eigenvalue weighted by Crippen LogP contribution is -2.35. The van der Waals surface area contributed by atoms with Gasteiger partial charge in [-0.15, -0.1) is 0 Å². The van der Waals surface area contributed by atoms with Crippen molar-refractivity contribution >= 4 is 18.7 Å². The molecular formula is C4H10N2OS. The first-order valence-corrected chi connectivity index (χ1v) is 2.77. The van der Waals surface area contributed by atoms with E-state index in [-0.39, 0.29) is 5.37 Å². The maximum Gasteiger partial charge on any atom is 0.315 e. The van der Waals surface area contributed by atoms with Gasteiger partial charge in [0.05, 0.1) is 5.37 Å². The van der Waals surface area contributed by atoms with E-state index in [9.17, 15) is 4.79 Å². The fraction of sp³-hybridized carbons (Fsp3) is 0.750. The van der Waals surface area contributed by atoms with Gasteiger partial charge in [-0.25, -0.2) is 4.79 Å². The van der Waals surface area contributed by atoms with Crippen molar-refractivity contribution in [1.29, 1.82) is 0 Å². The van der Waals surface area contributed by atoms with Crippen LogP contribution in [-0.2, 0) is 0 Å².